The molecule has 9 heteroatoms. The summed E-state index contributed by atoms with van der Waals surface area (Å²) >= 11 is 0. The van der Waals surface area contributed by atoms with Gasteiger partial charge < -0.3 is 10.5 Å². The molecule has 6 nitrogen and oxygen atoms in total. The maximum absolute atomic E-state index is 13.3. The van der Waals surface area contributed by atoms with Crippen LogP contribution in [0.1, 0.15) is 56.3 Å². The van der Waals surface area contributed by atoms with Crippen molar-refractivity contribution in [3.05, 3.63) is 29.6 Å². The van der Waals surface area contributed by atoms with Gasteiger partial charge in [-0.15, -0.1) is 0 Å². The van der Waals surface area contributed by atoms with Crippen molar-refractivity contribution in [3.63, 3.8) is 0 Å². The van der Waals surface area contributed by atoms with E-state index in [1.807, 2.05) is 10.7 Å². The Kier molecular flexibility index (Phi) is 5.24. The summed E-state index contributed by atoms with van der Waals surface area (Å²) in [6.45, 7) is 6.23. The van der Waals surface area contributed by atoms with E-state index in [4.69, 9.17) is 10.5 Å². The van der Waals surface area contributed by atoms with Crippen LogP contribution in [0.4, 0.5) is 19.0 Å². The molecule has 32 heavy (non-hydrogen) atoms. The van der Waals surface area contributed by atoms with Gasteiger partial charge >= 0.3 is 6.18 Å². The van der Waals surface area contributed by atoms with Crippen molar-refractivity contribution in [2.45, 2.75) is 63.4 Å². The smallest absolute Gasteiger partial charge is 0.383 e. The van der Waals surface area contributed by atoms with Crippen molar-refractivity contribution in [1.82, 2.24) is 19.7 Å². The highest BCUT2D eigenvalue weighted by atomic mass is 19.4. The van der Waals surface area contributed by atoms with Gasteiger partial charge in [-0.05, 0) is 57.1 Å². The second kappa shape index (κ2) is 7.73. The minimum Gasteiger partial charge on any atom is -0.383 e. The molecule has 2 saturated carbocycles. The molecule has 3 aliphatic rings. The molecule has 0 aromatic carbocycles. The lowest BCUT2D eigenvalue weighted by atomic mass is 10.0. The first kappa shape index (κ1) is 21.7. The first-order chi connectivity index (χ1) is 15.2. The van der Waals surface area contributed by atoms with Crippen LogP contribution in [0.3, 0.4) is 0 Å². The van der Waals surface area contributed by atoms with Gasteiger partial charge in [0.15, 0.2) is 0 Å². The number of halogens is 3. The maximum atomic E-state index is 13.3. The molecule has 174 valence electrons. The van der Waals surface area contributed by atoms with E-state index in [0.29, 0.717) is 41.2 Å². The Morgan fingerprint density at radius 2 is 1.91 bits per heavy atom. The Labute approximate surface area is 185 Å². The molecular weight excluding hydrogens is 419 g/mol. The van der Waals surface area contributed by atoms with E-state index in [0.717, 1.165) is 31.3 Å². The van der Waals surface area contributed by atoms with Crippen LogP contribution in [-0.4, -0.2) is 52.0 Å². The number of aromatic nitrogens is 3. The number of ether oxygens (including phenoxy) is 1. The molecule has 0 spiro atoms. The zero-order valence-electron chi connectivity index (χ0n) is 18.6. The van der Waals surface area contributed by atoms with Crippen LogP contribution in [-0.2, 0) is 10.9 Å². The molecule has 3 heterocycles. The highest BCUT2D eigenvalue weighted by molar-refractivity contribution is 5.63. The quantitative estimate of drug-likeness (QED) is 0.736. The predicted octanol–water partition coefficient (Wildman–Crippen LogP) is 4.34. The number of pyridine rings is 1. The molecule has 5 atom stereocenters. The van der Waals surface area contributed by atoms with Gasteiger partial charge in [0.05, 0.1) is 17.4 Å². The third kappa shape index (κ3) is 3.69. The molecule has 1 saturated heterocycles. The standard InChI is InChI=1S/C23H30F3N5O/c1-12(2)31-20(9-19(29-31)13-6-18(23(24,25)26)22(27)28-10-13)21-16-7-14(8-17(16)21)30-5-4-15(11-30)32-3/h6,9-10,12,14-17,21H,4-5,7-8,11H2,1-3H3,(H2,27,28)/t14?,15?,16-,17+,21?. The predicted molar refractivity (Wildman–Crippen MR) is 115 cm³/mol. The number of rotatable bonds is 5. The molecule has 0 radical (unpaired) electrons. The number of hydrogen-bond donors (Lipinski definition) is 1. The van der Waals surface area contributed by atoms with Crippen LogP contribution in [0.25, 0.3) is 11.3 Å². The van der Waals surface area contributed by atoms with Gasteiger partial charge in [-0.2, -0.15) is 18.3 Å². The average Bonchev–Trinajstić information content (AvgIpc) is 3.22. The Hall–Kier alpha value is -2.13. The number of fused-ring (bicyclic) bond motifs is 1. The van der Waals surface area contributed by atoms with E-state index in [9.17, 15) is 13.2 Å². The molecule has 3 unspecified atom stereocenters. The molecule has 2 aromatic heterocycles. The molecule has 1 aliphatic heterocycles. The molecular formula is C23H30F3N5O. The van der Waals surface area contributed by atoms with Gasteiger partial charge in [-0.3, -0.25) is 9.58 Å². The monoisotopic (exact) mass is 449 g/mol. The average molecular weight is 450 g/mol. The molecule has 0 bridgehead atoms. The first-order valence-corrected chi connectivity index (χ1v) is 11.4. The van der Waals surface area contributed by atoms with Crippen molar-refractivity contribution < 1.29 is 17.9 Å². The van der Waals surface area contributed by atoms with Gasteiger partial charge in [0.2, 0.25) is 0 Å². The van der Waals surface area contributed by atoms with Crippen LogP contribution in [0, 0.1) is 11.8 Å². The lowest BCUT2D eigenvalue weighted by Gasteiger charge is -2.26. The molecule has 5 rings (SSSR count). The van der Waals surface area contributed by atoms with E-state index in [2.05, 4.69) is 28.8 Å². The Bertz CT molecular complexity index is 992. The second-order valence-corrected chi connectivity index (χ2v) is 9.77. The summed E-state index contributed by atoms with van der Waals surface area (Å²) in [6.07, 6.45) is 0.632. The van der Waals surface area contributed by atoms with Crippen LogP contribution < -0.4 is 5.73 Å². The first-order valence-electron chi connectivity index (χ1n) is 11.4. The Balaban J connectivity index is 1.36. The number of nitrogens with two attached hydrogens (primary N) is 1. The zero-order valence-corrected chi connectivity index (χ0v) is 18.6. The summed E-state index contributed by atoms with van der Waals surface area (Å²) in [5.41, 5.74) is 6.56. The van der Waals surface area contributed by atoms with E-state index in [1.165, 1.54) is 19.0 Å². The zero-order chi connectivity index (χ0) is 22.8. The fourth-order valence-electron chi connectivity index (χ4n) is 5.88. The van der Waals surface area contributed by atoms with E-state index in [-0.39, 0.29) is 6.04 Å². The topological polar surface area (TPSA) is 69.2 Å². The Morgan fingerprint density at radius 1 is 1.19 bits per heavy atom. The van der Waals surface area contributed by atoms with Gasteiger partial charge in [-0.1, -0.05) is 0 Å². The van der Waals surface area contributed by atoms with E-state index < -0.39 is 17.6 Å². The largest absolute Gasteiger partial charge is 0.419 e. The van der Waals surface area contributed by atoms with Gasteiger partial charge in [0.1, 0.15) is 5.82 Å². The maximum Gasteiger partial charge on any atom is 0.419 e. The molecule has 2 N–H and O–H groups in total. The van der Waals surface area contributed by atoms with Crippen molar-refractivity contribution in [2.75, 3.05) is 25.9 Å². The molecule has 2 aliphatic carbocycles. The van der Waals surface area contributed by atoms with Crippen LogP contribution in [0.5, 0.6) is 0 Å². The highest BCUT2D eigenvalue weighted by Gasteiger charge is 2.59. The summed E-state index contributed by atoms with van der Waals surface area (Å²) in [5, 5.41) is 4.68. The SMILES string of the molecule is COC1CCN(C2C[C@@H]3C(c4cc(-c5cnc(N)c(C(F)(F)F)c5)nn4C(C)C)[C@@H]3C2)C1. The fraction of sp³-hybridized carbons (Fsp3) is 0.652. The lowest BCUT2D eigenvalue weighted by Crippen LogP contribution is -2.33. The summed E-state index contributed by atoms with van der Waals surface area (Å²) in [7, 11) is 1.79. The second-order valence-electron chi connectivity index (χ2n) is 9.77. The van der Waals surface area contributed by atoms with E-state index >= 15 is 0 Å². The number of anilines is 1. The molecule has 0 amide bonds. The summed E-state index contributed by atoms with van der Waals surface area (Å²) < 4.78 is 47.4. The third-order valence-corrected chi connectivity index (χ3v) is 7.56. The number of nitrogen functional groups attached to an aromatic ring is 1. The van der Waals surface area contributed by atoms with Crippen molar-refractivity contribution in [3.8, 4) is 11.3 Å². The van der Waals surface area contributed by atoms with Crippen LogP contribution in [0.2, 0.25) is 0 Å². The van der Waals surface area contributed by atoms with Crippen LogP contribution >= 0.6 is 0 Å². The number of likely N-dealkylation sites (tertiary alicyclic amines) is 1. The summed E-state index contributed by atoms with van der Waals surface area (Å²) in [4.78, 5) is 6.35. The van der Waals surface area contributed by atoms with Crippen molar-refractivity contribution >= 4 is 5.82 Å². The van der Waals surface area contributed by atoms with Gasteiger partial charge in [0.25, 0.3) is 0 Å². The van der Waals surface area contributed by atoms with E-state index in [1.54, 1.807) is 7.11 Å². The minimum absolute atomic E-state index is 0.126. The van der Waals surface area contributed by atoms with Crippen molar-refractivity contribution in [1.29, 1.82) is 0 Å². The molecule has 2 aromatic rings. The Morgan fingerprint density at radius 3 is 2.50 bits per heavy atom. The minimum atomic E-state index is -4.55. The third-order valence-electron chi connectivity index (χ3n) is 7.56. The number of alkyl halides is 3. The lowest BCUT2D eigenvalue weighted by molar-refractivity contribution is -0.137. The number of methoxy groups -OCH3 is 1. The number of nitrogens with zero attached hydrogens (tertiary/aromatic N) is 4. The normalized spacial score (nSPS) is 30.3. The van der Waals surface area contributed by atoms with Gasteiger partial charge in [0, 0.05) is 55.7 Å². The highest BCUT2D eigenvalue weighted by Crippen LogP contribution is 2.64. The number of hydrogen-bond acceptors (Lipinski definition) is 5. The summed E-state index contributed by atoms with van der Waals surface area (Å²) in [5.74, 6) is 1.17. The summed E-state index contributed by atoms with van der Waals surface area (Å²) in [6, 6.07) is 3.76. The van der Waals surface area contributed by atoms with Gasteiger partial charge in [-0.25, -0.2) is 4.98 Å². The van der Waals surface area contributed by atoms with Crippen molar-refractivity contribution in [2.24, 2.45) is 11.8 Å². The van der Waals surface area contributed by atoms with Crippen LogP contribution in [0.15, 0.2) is 18.3 Å². The fourth-order valence-corrected chi connectivity index (χ4v) is 5.88. The molecule has 3 fully saturated rings.